The smallest absolute Gasteiger partial charge is 0.123 e. The summed E-state index contributed by atoms with van der Waals surface area (Å²) in [4.78, 5) is 4.39. The van der Waals surface area contributed by atoms with Gasteiger partial charge in [0.2, 0.25) is 0 Å². The summed E-state index contributed by atoms with van der Waals surface area (Å²) in [6.07, 6.45) is 4.26. The third-order valence-corrected chi connectivity index (χ3v) is 3.73. The third-order valence-electron chi connectivity index (χ3n) is 3.73. The van der Waals surface area contributed by atoms with Gasteiger partial charge in [0.1, 0.15) is 17.5 Å². The summed E-state index contributed by atoms with van der Waals surface area (Å²) in [5.41, 5.74) is 8.34. The van der Waals surface area contributed by atoms with Crippen molar-refractivity contribution in [1.82, 2.24) is 9.55 Å². The van der Waals surface area contributed by atoms with Gasteiger partial charge in [-0.15, -0.1) is 0 Å². The summed E-state index contributed by atoms with van der Waals surface area (Å²) in [5.74, 6) is 0.697. The van der Waals surface area contributed by atoms with Crippen LogP contribution in [0.1, 0.15) is 22.5 Å². The number of aromatic nitrogens is 2. The van der Waals surface area contributed by atoms with Gasteiger partial charge in [-0.25, -0.2) is 9.37 Å². The minimum Gasteiger partial charge on any atom is -0.384 e. The van der Waals surface area contributed by atoms with Gasteiger partial charge < -0.3 is 10.3 Å². The van der Waals surface area contributed by atoms with E-state index < -0.39 is 0 Å². The molecule has 5 heteroatoms. The summed E-state index contributed by atoms with van der Waals surface area (Å²) in [6, 6.07) is 14.0. The maximum Gasteiger partial charge on any atom is 0.123 e. The molecule has 0 unspecified atom stereocenters. The number of hydrogen-bond acceptors (Lipinski definition) is 2. The van der Waals surface area contributed by atoms with Crippen molar-refractivity contribution in [3.63, 3.8) is 0 Å². The zero-order valence-corrected chi connectivity index (χ0v) is 12.5. The van der Waals surface area contributed by atoms with Gasteiger partial charge in [0.05, 0.1) is 0 Å². The molecular weight excluding hydrogens is 291 g/mol. The van der Waals surface area contributed by atoms with Crippen LogP contribution in [-0.4, -0.2) is 15.4 Å². The number of nitrogens with one attached hydrogen (secondary N) is 1. The van der Waals surface area contributed by atoms with Crippen LogP contribution >= 0.6 is 0 Å². The molecule has 0 amide bonds. The van der Waals surface area contributed by atoms with Gasteiger partial charge in [-0.05, 0) is 23.3 Å². The van der Waals surface area contributed by atoms with E-state index in [4.69, 9.17) is 11.1 Å². The molecule has 0 saturated carbocycles. The summed E-state index contributed by atoms with van der Waals surface area (Å²) >= 11 is 0. The van der Waals surface area contributed by atoms with Crippen molar-refractivity contribution in [3.05, 3.63) is 89.3 Å². The van der Waals surface area contributed by atoms with Gasteiger partial charge in [-0.2, -0.15) is 0 Å². The Labute approximate surface area is 133 Å². The molecule has 4 nitrogen and oxygen atoms in total. The monoisotopic (exact) mass is 308 g/mol. The highest BCUT2D eigenvalue weighted by Crippen LogP contribution is 2.14. The zero-order chi connectivity index (χ0) is 16.2. The molecule has 3 rings (SSSR count). The molecule has 1 aromatic heterocycles. The number of halogens is 1. The number of nitrogen functional groups attached to an aromatic ring is 1. The van der Waals surface area contributed by atoms with E-state index in [1.54, 1.807) is 18.3 Å². The molecule has 0 fully saturated rings. The van der Waals surface area contributed by atoms with Gasteiger partial charge in [0, 0.05) is 30.9 Å². The van der Waals surface area contributed by atoms with Crippen molar-refractivity contribution < 1.29 is 4.39 Å². The van der Waals surface area contributed by atoms with E-state index in [1.165, 1.54) is 12.1 Å². The van der Waals surface area contributed by atoms with E-state index in [0.717, 1.165) is 22.5 Å². The van der Waals surface area contributed by atoms with Crippen molar-refractivity contribution in [3.8, 4) is 0 Å². The summed E-state index contributed by atoms with van der Waals surface area (Å²) < 4.78 is 15.0. The molecule has 0 bridgehead atoms. The molecule has 3 N–H and O–H groups in total. The van der Waals surface area contributed by atoms with E-state index in [9.17, 15) is 4.39 Å². The Hall–Kier alpha value is -2.95. The van der Waals surface area contributed by atoms with Crippen molar-refractivity contribution >= 4 is 5.84 Å². The van der Waals surface area contributed by atoms with Crippen LogP contribution in [0.25, 0.3) is 0 Å². The molecule has 23 heavy (non-hydrogen) atoms. The van der Waals surface area contributed by atoms with Crippen LogP contribution in [0.4, 0.5) is 4.39 Å². The van der Waals surface area contributed by atoms with Gasteiger partial charge >= 0.3 is 0 Å². The minimum atomic E-state index is -0.243. The maximum atomic E-state index is 13.0. The number of amidine groups is 1. The first-order chi connectivity index (χ1) is 11.1. The number of nitrogens with zero attached hydrogens (tertiary/aromatic N) is 2. The first-order valence-corrected chi connectivity index (χ1v) is 7.30. The Kier molecular flexibility index (Phi) is 4.19. The lowest BCUT2D eigenvalue weighted by Crippen LogP contribution is -2.15. The van der Waals surface area contributed by atoms with E-state index >= 15 is 0 Å². The van der Waals surface area contributed by atoms with E-state index in [0.29, 0.717) is 13.0 Å². The summed E-state index contributed by atoms with van der Waals surface area (Å²) in [5, 5.41) is 7.68. The minimum absolute atomic E-state index is 0.0563. The lowest BCUT2D eigenvalue weighted by molar-refractivity contribution is 0.627. The van der Waals surface area contributed by atoms with Gasteiger partial charge in [0.25, 0.3) is 0 Å². The summed E-state index contributed by atoms with van der Waals surface area (Å²) in [7, 11) is 0. The Morgan fingerprint density at radius 2 is 1.87 bits per heavy atom. The van der Waals surface area contributed by atoms with Crippen LogP contribution in [0, 0.1) is 11.2 Å². The van der Waals surface area contributed by atoms with Gasteiger partial charge in [-0.1, -0.05) is 36.4 Å². The third kappa shape index (κ3) is 3.45. The Bertz CT molecular complexity index is 821. The molecule has 116 valence electrons. The molecule has 0 aliphatic rings. The average Bonchev–Trinajstić information content (AvgIpc) is 2.97. The fraction of sp³-hybridized carbons (Fsp3) is 0.111. The molecule has 2 aromatic carbocycles. The molecule has 0 aliphatic carbocycles. The van der Waals surface area contributed by atoms with Crippen LogP contribution < -0.4 is 5.73 Å². The molecule has 3 aromatic rings. The SMILES string of the molecule is N=C(N)c1ccccc1Cn1ccnc1Cc1ccc(F)cc1. The number of rotatable bonds is 5. The van der Waals surface area contributed by atoms with Crippen LogP contribution in [-0.2, 0) is 13.0 Å². The number of hydrogen-bond donors (Lipinski definition) is 2. The standard InChI is InChI=1S/C18H17FN4/c19-15-7-5-13(6-8-15)11-17-22-9-10-23(17)12-14-3-1-2-4-16(14)18(20)21/h1-10H,11-12H2,(H3,20,21). The van der Waals surface area contributed by atoms with E-state index in [2.05, 4.69) is 4.98 Å². The van der Waals surface area contributed by atoms with Crippen LogP contribution in [0.15, 0.2) is 60.9 Å². The number of imidazole rings is 1. The average molecular weight is 308 g/mol. The number of benzene rings is 2. The van der Waals surface area contributed by atoms with Crippen molar-refractivity contribution in [2.75, 3.05) is 0 Å². The highest BCUT2D eigenvalue weighted by Gasteiger charge is 2.09. The second-order valence-electron chi connectivity index (χ2n) is 5.35. The Balaban J connectivity index is 1.84. The van der Waals surface area contributed by atoms with E-state index in [1.807, 2.05) is 35.0 Å². The largest absolute Gasteiger partial charge is 0.384 e. The molecule has 1 heterocycles. The highest BCUT2D eigenvalue weighted by molar-refractivity contribution is 5.96. The van der Waals surface area contributed by atoms with Crippen molar-refractivity contribution in [2.24, 2.45) is 5.73 Å². The molecule has 0 radical (unpaired) electrons. The predicted molar refractivity (Wildman–Crippen MR) is 88.0 cm³/mol. The highest BCUT2D eigenvalue weighted by atomic mass is 19.1. The molecule has 0 saturated heterocycles. The molecular formula is C18H17FN4. The van der Waals surface area contributed by atoms with Crippen LogP contribution in [0.3, 0.4) is 0 Å². The predicted octanol–water partition coefficient (Wildman–Crippen LogP) is 2.95. The quantitative estimate of drug-likeness (QED) is 0.562. The normalized spacial score (nSPS) is 10.7. The van der Waals surface area contributed by atoms with Crippen LogP contribution in [0.5, 0.6) is 0 Å². The number of nitrogens with two attached hydrogens (primary N) is 1. The van der Waals surface area contributed by atoms with Gasteiger partial charge in [-0.3, -0.25) is 5.41 Å². The molecule has 0 aliphatic heterocycles. The molecule has 0 spiro atoms. The van der Waals surface area contributed by atoms with E-state index in [-0.39, 0.29) is 11.7 Å². The lowest BCUT2D eigenvalue weighted by atomic mass is 10.1. The second-order valence-corrected chi connectivity index (χ2v) is 5.35. The first kappa shape index (κ1) is 15.0. The van der Waals surface area contributed by atoms with Crippen molar-refractivity contribution in [2.45, 2.75) is 13.0 Å². The second kappa shape index (κ2) is 6.44. The lowest BCUT2D eigenvalue weighted by Gasteiger charge is -2.11. The van der Waals surface area contributed by atoms with Gasteiger partial charge in [0.15, 0.2) is 0 Å². The van der Waals surface area contributed by atoms with Crippen LogP contribution in [0.2, 0.25) is 0 Å². The first-order valence-electron chi connectivity index (χ1n) is 7.30. The Morgan fingerprint density at radius 3 is 2.61 bits per heavy atom. The topological polar surface area (TPSA) is 67.7 Å². The van der Waals surface area contributed by atoms with Crippen molar-refractivity contribution in [1.29, 1.82) is 5.41 Å². The molecule has 0 atom stereocenters. The maximum absolute atomic E-state index is 13.0. The zero-order valence-electron chi connectivity index (χ0n) is 12.5. The fourth-order valence-corrected chi connectivity index (χ4v) is 2.54. The Morgan fingerprint density at radius 1 is 1.13 bits per heavy atom. The fourth-order valence-electron chi connectivity index (χ4n) is 2.54. The summed E-state index contributed by atoms with van der Waals surface area (Å²) in [6.45, 7) is 0.590.